The molecule has 2 rings (SSSR count). The van der Waals surface area contributed by atoms with E-state index in [-0.39, 0.29) is 30.3 Å². The molecule has 2 unspecified atom stereocenters. The van der Waals surface area contributed by atoms with Gasteiger partial charge < -0.3 is 20.2 Å². The van der Waals surface area contributed by atoms with Crippen molar-refractivity contribution < 1.29 is 19.5 Å². The minimum Gasteiger partial charge on any atom is -0.481 e. The minimum absolute atomic E-state index is 0.0255. The van der Waals surface area contributed by atoms with Crippen LogP contribution in [0.4, 0.5) is 4.79 Å². The van der Waals surface area contributed by atoms with Gasteiger partial charge in [0.2, 0.25) is 5.91 Å². The Morgan fingerprint density at radius 3 is 2.58 bits per heavy atom. The van der Waals surface area contributed by atoms with Crippen LogP contribution in [-0.4, -0.2) is 65.0 Å². The normalized spacial score (nSPS) is 23.8. The van der Waals surface area contributed by atoms with E-state index in [2.05, 4.69) is 19.2 Å². The average molecular weight is 367 g/mol. The van der Waals surface area contributed by atoms with E-state index >= 15 is 0 Å². The highest BCUT2D eigenvalue weighted by Crippen LogP contribution is 2.26. The van der Waals surface area contributed by atoms with Gasteiger partial charge in [-0.25, -0.2) is 4.79 Å². The van der Waals surface area contributed by atoms with Gasteiger partial charge in [0, 0.05) is 38.6 Å². The van der Waals surface area contributed by atoms with Gasteiger partial charge in [0.15, 0.2) is 0 Å². The number of carbonyl (C=O) groups excluding carboxylic acids is 2. The lowest BCUT2D eigenvalue weighted by Crippen LogP contribution is -2.52. The number of carboxylic acids is 1. The topological polar surface area (TPSA) is 90.0 Å². The number of piperidine rings is 2. The molecule has 0 aromatic heterocycles. The molecule has 2 heterocycles. The van der Waals surface area contributed by atoms with Crippen LogP contribution < -0.4 is 5.32 Å². The summed E-state index contributed by atoms with van der Waals surface area (Å²) in [6, 6.07) is -0.0604. The molecule has 0 bridgehead atoms. The maximum absolute atomic E-state index is 13.1. The number of carboxylic acid groups (broad SMARTS) is 1. The SMILES string of the molecule is CC(C)CNC(=O)N1CCCC(C(=O)N2CCCCC2CCC(=O)O)C1. The fraction of sp³-hybridized carbons (Fsp3) is 0.842. The van der Waals surface area contributed by atoms with Crippen LogP contribution in [0.1, 0.15) is 58.8 Å². The second-order valence-electron chi connectivity index (χ2n) is 7.98. The molecule has 26 heavy (non-hydrogen) atoms. The minimum atomic E-state index is -0.811. The fourth-order valence-corrected chi connectivity index (χ4v) is 3.88. The van der Waals surface area contributed by atoms with Gasteiger partial charge in [0.05, 0.1) is 5.92 Å². The standard InChI is InChI=1S/C19H33N3O4/c1-14(2)12-20-19(26)21-10-5-6-15(13-21)18(25)22-11-4-3-7-16(22)8-9-17(23)24/h14-16H,3-13H2,1-2H3,(H,20,26)(H,23,24). The zero-order valence-electron chi connectivity index (χ0n) is 16.1. The maximum Gasteiger partial charge on any atom is 0.317 e. The molecule has 148 valence electrons. The highest BCUT2D eigenvalue weighted by atomic mass is 16.4. The van der Waals surface area contributed by atoms with Crippen molar-refractivity contribution in [1.29, 1.82) is 0 Å². The Morgan fingerprint density at radius 2 is 1.88 bits per heavy atom. The number of likely N-dealkylation sites (tertiary alicyclic amines) is 2. The fourth-order valence-electron chi connectivity index (χ4n) is 3.88. The van der Waals surface area contributed by atoms with E-state index in [9.17, 15) is 14.4 Å². The van der Waals surface area contributed by atoms with Crippen molar-refractivity contribution in [3.63, 3.8) is 0 Å². The van der Waals surface area contributed by atoms with E-state index in [1.165, 1.54) is 0 Å². The molecule has 0 aromatic rings. The highest BCUT2D eigenvalue weighted by molar-refractivity contribution is 5.81. The lowest BCUT2D eigenvalue weighted by atomic mass is 9.92. The van der Waals surface area contributed by atoms with Crippen LogP contribution in [-0.2, 0) is 9.59 Å². The summed E-state index contributed by atoms with van der Waals surface area (Å²) in [6.45, 7) is 6.60. The van der Waals surface area contributed by atoms with Gasteiger partial charge in [0.1, 0.15) is 0 Å². The van der Waals surface area contributed by atoms with Crippen LogP contribution >= 0.6 is 0 Å². The lowest BCUT2D eigenvalue weighted by molar-refractivity contribution is -0.143. The summed E-state index contributed by atoms with van der Waals surface area (Å²) in [5.74, 6) is -0.487. The van der Waals surface area contributed by atoms with Crippen molar-refractivity contribution in [2.24, 2.45) is 11.8 Å². The average Bonchev–Trinajstić information content (AvgIpc) is 2.64. The molecule has 2 aliphatic rings. The smallest absolute Gasteiger partial charge is 0.317 e. The first-order valence-electron chi connectivity index (χ1n) is 9.93. The molecule has 0 saturated carbocycles. The van der Waals surface area contributed by atoms with Crippen LogP contribution in [0.3, 0.4) is 0 Å². The second-order valence-corrected chi connectivity index (χ2v) is 7.98. The summed E-state index contributed by atoms with van der Waals surface area (Å²) in [5, 5.41) is 11.9. The summed E-state index contributed by atoms with van der Waals surface area (Å²) >= 11 is 0. The Balaban J connectivity index is 1.93. The molecule has 2 saturated heterocycles. The molecule has 0 radical (unpaired) electrons. The van der Waals surface area contributed by atoms with E-state index in [0.717, 1.165) is 32.1 Å². The quantitative estimate of drug-likeness (QED) is 0.754. The lowest BCUT2D eigenvalue weighted by Gasteiger charge is -2.40. The molecule has 0 spiro atoms. The second kappa shape index (κ2) is 9.78. The molecule has 2 atom stereocenters. The molecule has 0 aromatic carbocycles. The number of rotatable bonds is 6. The van der Waals surface area contributed by atoms with E-state index in [1.54, 1.807) is 4.90 Å². The summed E-state index contributed by atoms with van der Waals surface area (Å²) in [6.07, 6.45) is 5.15. The van der Waals surface area contributed by atoms with Gasteiger partial charge in [-0.15, -0.1) is 0 Å². The molecule has 2 aliphatic heterocycles. The largest absolute Gasteiger partial charge is 0.481 e. The van der Waals surface area contributed by atoms with Crippen molar-refractivity contribution in [3.8, 4) is 0 Å². The first-order chi connectivity index (χ1) is 12.4. The number of amides is 3. The van der Waals surface area contributed by atoms with Crippen LogP contribution in [0.2, 0.25) is 0 Å². The number of hydrogen-bond acceptors (Lipinski definition) is 3. The molecule has 3 amide bonds. The Morgan fingerprint density at radius 1 is 1.12 bits per heavy atom. The maximum atomic E-state index is 13.1. The first kappa shape index (κ1) is 20.5. The zero-order chi connectivity index (χ0) is 19.1. The summed E-state index contributed by atoms with van der Waals surface area (Å²) in [5.41, 5.74) is 0. The molecule has 0 aliphatic carbocycles. The predicted molar refractivity (Wildman–Crippen MR) is 98.8 cm³/mol. The number of urea groups is 1. The van der Waals surface area contributed by atoms with Crippen LogP contribution in [0, 0.1) is 11.8 Å². The first-order valence-corrected chi connectivity index (χ1v) is 9.93. The van der Waals surface area contributed by atoms with E-state index in [4.69, 9.17) is 5.11 Å². The van der Waals surface area contributed by atoms with Gasteiger partial charge >= 0.3 is 12.0 Å². The number of aliphatic carboxylic acids is 1. The number of carbonyl (C=O) groups is 3. The number of hydrogen-bond donors (Lipinski definition) is 2. The van der Waals surface area contributed by atoms with Crippen LogP contribution in [0.5, 0.6) is 0 Å². The van der Waals surface area contributed by atoms with Crippen LogP contribution in [0.15, 0.2) is 0 Å². The Hall–Kier alpha value is -1.79. The van der Waals surface area contributed by atoms with Crippen molar-refractivity contribution in [1.82, 2.24) is 15.1 Å². The Bertz CT molecular complexity index is 509. The number of nitrogens with one attached hydrogen (secondary N) is 1. The molecule has 2 N–H and O–H groups in total. The van der Waals surface area contributed by atoms with Crippen molar-refractivity contribution >= 4 is 17.9 Å². The van der Waals surface area contributed by atoms with Gasteiger partial charge in [-0.05, 0) is 44.4 Å². The zero-order valence-corrected chi connectivity index (χ0v) is 16.1. The molecule has 2 fully saturated rings. The third-order valence-corrected chi connectivity index (χ3v) is 5.32. The summed E-state index contributed by atoms with van der Waals surface area (Å²) < 4.78 is 0. The van der Waals surface area contributed by atoms with E-state index < -0.39 is 5.97 Å². The third kappa shape index (κ3) is 5.88. The molecular formula is C19H33N3O4. The molecule has 7 heteroatoms. The number of nitrogens with zero attached hydrogens (tertiary/aromatic N) is 2. The molecular weight excluding hydrogens is 334 g/mol. The Labute approximate surface area is 156 Å². The van der Waals surface area contributed by atoms with Gasteiger partial charge in [-0.3, -0.25) is 9.59 Å². The van der Waals surface area contributed by atoms with Crippen LogP contribution in [0.25, 0.3) is 0 Å². The summed E-state index contributed by atoms with van der Waals surface area (Å²) in [4.78, 5) is 39.9. The van der Waals surface area contributed by atoms with E-state index in [0.29, 0.717) is 38.5 Å². The van der Waals surface area contributed by atoms with E-state index in [1.807, 2.05) is 4.90 Å². The van der Waals surface area contributed by atoms with Gasteiger partial charge in [-0.2, -0.15) is 0 Å². The Kier molecular flexibility index (Phi) is 7.72. The monoisotopic (exact) mass is 367 g/mol. The van der Waals surface area contributed by atoms with Gasteiger partial charge in [0.25, 0.3) is 0 Å². The van der Waals surface area contributed by atoms with Gasteiger partial charge in [-0.1, -0.05) is 13.8 Å². The predicted octanol–water partition coefficient (Wildman–Crippen LogP) is 2.31. The molecule has 7 nitrogen and oxygen atoms in total. The summed E-state index contributed by atoms with van der Waals surface area (Å²) in [7, 11) is 0. The van der Waals surface area contributed by atoms with Crippen molar-refractivity contribution in [2.75, 3.05) is 26.2 Å². The van der Waals surface area contributed by atoms with Crippen molar-refractivity contribution in [3.05, 3.63) is 0 Å². The third-order valence-electron chi connectivity index (χ3n) is 5.32. The van der Waals surface area contributed by atoms with Crippen molar-refractivity contribution in [2.45, 2.75) is 64.8 Å². The highest BCUT2D eigenvalue weighted by Gasteiger charge is 2.35.